The molecule has 1 aromatic carbocycles. The molecule has 1 atom stereocenters. The van der Waals surface area contributed by atoms with E-state index >= 15 is 0 Å². The van der Waals surface area contributed by atoms with E-state index in [0.29, 0.717) is 16.0 Å². The first kappa shape index (κ1) is 17.0. The highest BCUT2D eigenvalue weighted by molar-refractivity contribution is 9.10. The predicted octanol–water partition coefficient (Wildman–Crippen LogP) is 4.12. The zero-order valence-corrected chi connectivity index (χ0v) is 13.8. The summed E-state index contributed by atoms with van der Waals surface area (Å²) in [4.78, 5) is 12.1. The number of nitrogens with one attached hydrogen (secondary N) is 1. The third-order valence-corrected chi connectivity index (χ3v) is 3.78. The van der Waals surface area contributed by atoms with E-state index in [-0.39, 0.29) is 17.6 Å². The molecule has 0 fully saturated rings. The second kappa shape index (κ2) is 7.62. The number of amides is 1. The molecule has 1 aromatic rings. The molecule has 0 saturated heterocycles. The van der Waals surface area contributed by atoms with Crippen LogP contribution in [0.3, 0.4) is 0 Å². The number of anilines is 1. The first-order valence-electron chi connectivity index (χ1n) is 6.86. The molecular formula is C15H22BrFN2O. The summed E-state index contributed by atoms with van der Waals surface area (Å²) in [5.41, 5.74) is 5.83. The maximum Gasteiger partial charge on any atom is 0.252 e. The molecular weight excluding hydrogens is 323 g/mol. The molecule has 3 N–H and O–H groups in total. The van der Waals surface area contributed by atoms with Crippen LogP contribution >= 0.6 is 15.9 Å². The molecule has 0 saturated carbocycles. The Balaban J connectivity index is 2.60. The summed E-state index contributed by atoms with van der Waals surface area (Å²) >= 11 is 3.19. The van der Waals surface area contributed by atoms with Gasteiger partial charge in [-0.1, -0.05) is 26.7 Å². The van der Waals surface area contributed by atoms with Crippen LogP contribution in [0.25, 0.3) is 0 Å². The van der Waals surface area contributed by atoms with Crippen LogP contribution in [0, 0.1) is 11.7 Å². The average molecular weight is 345 g/mol. The van der Waals surface area contributed by atoms with Gasteiger partial charge in [-0.25, -0.2) is 4.39 Å². The second-order valence-electron chi connectivity index (χ2n) is 5.55. The fourth-order valence-electron chi connectivity index (χ4n) is 1.95. The minimum atomic E-state index is -0.529. The third kappa shape index (κ3) is 5.12. The molecule has 0 aliphatic rings. The summed E-state index contributed by atoms with van der Waals surface area (Å²) in [5.74, 6) is -0.0945. The number of carbonyl (C=O) groups is 1. The van der Waals surface area contributed by atoms with Crippen molar-refractivity contribution < 1.29 is 9.18 Å². The Morgan fingerprint density at radius 2 is 2.00 bits per heavy atom. The molecule has 1 rings (SSSR count). The van der Waals surface area contributed by atoms with Gasteiger partial charge in [-0.15, -0.1) is 0 Å². The normalized spacial score (nSPS) is 12.5. The Morgan fingerprint density at radius 3 is 2.60 bits per heavy atom. The maximum absolute atomic E-state index is 13.2. The summed E-state index contributed by atoms with van der Waals surface area (Å²) in [7, 11) is 0. The summed E-state index contributed by atoms with van der Waals surface area (Å²) in [6.07, 6.45) is 3.15. The maximum atomic E-state index is 13.2. The zero-order chi connectivity index (χ0) is 15.3. The van der Waals surface area contributed by atoms with Crippen LogP contribution in [-0.2, 0) is 0 Å². The van der Waals surface area contributed by atoms with Crippen molar-refractivity contribution in [1.82, 2.24) is 5.32 Å². The summed E-state index contributed by atoms with van der Waals surface area (Å²) in [5, 5.41) is 2.91. The Morgan fingerprint density at radius 1 is 1.35 bits per heavy atom. The van der Waals surface area contributed by atoms with E-state index in [9.17, 15) is 9.18 Å². The summed E-state index contributed by atoms with van der Waals surface area (Å²) < 4.78 is 13.7. The van der Waals surface area contributed by atoms with Crippen molar-refractivity contribution in [3.05, 3.63) is 28.0 Å². The summed E-state index contributed by atoms with van der Waals surface area (Å²) in [6.45, 7) is 6.34. The molecule has 5 heteroatoms. The van der Waals surface area contributed by atoms with Gasteiger partial charge < -0.3 is 11.1 Å². The van der Waals surface area contributed by atoms with E-state index in [2.05, 4.69) is 35.1 Å². The Hall–Kier alpha value is -1.10. The average Bonchev–Trinajstić information content (AvgIpc) is 2.33. The van der Waals surface area contributed by atoms with Crippen molar-refractivity contribution in [2.75, 3.05) is 5.73 Å². The molecule has 0 bridgehead atoms. The van der Waals surface area contributed by atoms with Gasteiger partial charge in [0.05, 0.1) is 11.3 Å². The van der Waals surface area contributed by atoms with E-state index in [1.807, 2.05) is 6.92 Å². The molecule has 0 aliphatic heterocycles. The minimum Gasteiger partial charge on any atom is -0.396 e. The van der Waals surface area contributed by atoms with Crippen LogP contribution in [-0.4, -0.2) is 11.9 Å². The monoisotopic (exact) mass is 344 g/mol. The molecule has 0 spiro atoms. The smallest absolute Gasteiger partial charge is 0.252 e. The van der Waals surface area contributed by atoms with Gasteiger partial charge in [0.1, 0.15) is 5.82 Å². The number of nitrogen functional groups attached to an aromatic ring is 1. The second-order valence-corrected chi connectivity index (χ2v) is 6.41. The highest BCUT2D eigenvalue weighted by Crippen LogP contribution is 2.23. The van der Waals surface area contributed by atoms with Gasteiger partial charge in [-0.05, 0) is 47.3 Å². The number of hydrogen-bond acceptors (Lipinski definition) is 2. The number of halogens is 2. The van der Waals surface area contributed by atoms with Gasteiger partial charge in [-0.2, -0.15) is 0 Å². The first-order valence-corrected chi connectivity index (χ1v) is 7.66. The van der Waals surface area contributed by atoms with Gasteiger partial charge in [0.2, 0.25) is 0 Å². The van der Waals surface area contributed by atoms with E-state index in [4.69, 9.17) is 5.73 Å². The highest BCUT2D eigenvalue weighted by Gasteiger charge is 2.15. The van der Waals surface area contributed by atoms with Gasteiger partial charge in [0, 0.05) is 10.5 Å². The summed E-state index contributed by atoms with van der Waals surface area (Å²) in [6, 6.07) is 2.66. The molecule has 1 amide bonds. The van der Waals surface area contributed by atoms with Crippen LogP contribution in [0.2, 0.25) is 0 Å². The van der Waals surface area contributed by atoms with Crippen LogP contribution in [0.5, 0.6) is 0 Å². The quantitative estimate of drug-likeness (QED) is 0.762. The van der Waals surface area contributed by atoms with Crippen LogP contribution < -0.4 is 11.1 Å². The number of carbonyl (C=O) groups excluding carboxylic acids is 1. The molecule has 20 heavy (non-hydrogen) atoms. The number of nitrogens with two attached hydrogens (primary N) is 1. The Kier molecular flexibility index (Phi) is 6.46. The SMILES string of the molecule is CC(C)CCCC(C)NC(=O)c1cc(N)c(F)cc1Br. The van der Waals surface area contributed by atoms with E-state index in [1.165, 1.54) is 12.1 Å². The molecule has 0 radical (unpaired) electrons. The minimum absolute atomic E-state index is 0.0224. The largest absolute Gasteiger partial charge is 0.396 e. The first-order chi connectivity index (χ1) is 9.31. The topological polar surface area (TPSA) is 55.1 Å². The number of hydrogen-bond donors (Lipinski definition) is 2. The van der Waals surface area contributed by atoms with Crippen molar-refractivity contribution in [1.29, 1.82) is 0 Å². The lowest BCUT2D eigenvalue weighted by Gasteiger charge is -2.15. The number of rotatable bonds is 6. The third-order valence-electron chi connectivity index (χ3n) is 3.13. The van der Waals surface area contributed by atoms with Crippen LogP contribution in [0.1, 0.15) is 50.4 Å². The number of benzene rings is 1. The van der Waals surface area contributed by atoms with Crippen molar-refractivity contribution >= 4 is 27.5 Å². The lowest BCUT2D eigenvalue weighted by atomic mass is 10.0. The van der Waals surface area contributed by atoms with Crippen molar-refractivity contribution in [3.63, 3.8) is 0 Å². The molecule has 1 unspecified atom stereocenters. The fourth-order valence-corrected chi connectivity index (χ4v) is 2.44. The van der Waals surface area contributed by atoms with Gasteiger partial charge in [0.15, 0.2) is 0 Å². The van der Waals surface area contributed by atoms with Crippen molar-refractivity contribution in [2.45, 2.75) is 46.1 Å². The van der Waals surface area contributed by atoms with Gasteiger partial charge in [-0.3, -0.25) is 4.79 Å². The van der Waals surface area contributed by atoms with E-state index in [0.717, 1.165) is 19.3 Å². The van der Waals surface area contributed by atoms with Crippen molar-refractivity contribution in [2.24, 2.45) is 5.92 Å². The predicted molar refractivity (Wildman–Crippen MR) is 84.1 cm³/mol. The Labute approximate surface area is 128 Å². The molecule has 0 heterocycles. The lowest BCUT2D eigenvalue weighted by molar-refractivity contribution is 0.0937. The highest BCUT2D eigenvalue weighted by atomic mass is 79.9. The van der Waals surface area contributed by atoms with Crippen LogP contribution in [0.4, 0.5) is 10.1 Å². The Bertz CT molecular complexity index is 477. The molecule has 112 valence electrons. The molecule has 0 aliphatic carbocycles. The van der Waals surface area contributed by atoms with E-state index < -0.39 is 5.82 Å². The fraction of sp³-hybridized carbons (Fsp3) is 0.533. The van der Waals surface area contributed by atoms with E-state index in [1.54, 1.807) is 0 Å². The van der Waals surface area contributed by atoms with Gasteiger partial charge >= 0.3 is 0 Å². The van der Waals surface area contributed by atoms with Gasteiger partial charge in [0.25, 0.3) is 5.91 Å². The van der Waals surface area contributed by atoms with Crippen LogP contribution in [0.15, 0.2) is 16.6 Å². The molecule has 0 aromatic heterocycles. The zero-order valence-electron chi connectivity index (χ0n) is 12.2. The standard InChI is InChI=1S/C15H22BrFN2O/c1-9(2)5-4-6-10(3)19-15(20)11-7-14(18)13(17)8-12(11)16/h7-10H,4-6,18H2,1-3H3,(H,19,20). The lowest BCUT2D eigenvalue weighted by Crippen LogP contribution is -2.32. The van der Waals surface area contributed by atoms with Crippen molar-refractivity contribution in [3.8, 4) is 0 Å². The molecule has 3 nitrogen and oxygen atoms in total.